The third kappa shape index (κ3) is 8.11. The Balaban J connectivity index is 3.18. The van der Waals surface area contributed by atoms with Crippen LogP contribution in [0.3, 0.4) is 0 Å². The zero-order valence-electron chi connectivity index (χ0n) is 5.15. The van der Waals surface area contributed by atoms with E-state index in [1.807, 2.05) is 6.92 Å². The molecule has 0 aromatic heterocycles. The highest BCUT2D eigenvalue weighted by atomic mass is 31.2. The Bertz CT molecular complexity index is 107. The van der Waals surface area contributed by atoms with Crippen molar-refractivity contribution in [2.45, 2.75) is 19.8 Å². The van der Waals surface area contributed by atoms with Gasteiger partial charge in [0.2, 0.25) is 0 Å². The molecule has 0 amide bonds. The summed E-state index contributed by atoms with van der Waals surface area (Å²) >= 11 is 0. The summed E-state index contributed by atoms with van der Waals surface area (Å²) in [5, 5.41) is 0. The normalized spacial score (nSPS) is 11.9. The van der Waals surface area contributed by atoms with Crippen LogP contribution < -0.4 is 0 Å². The van der Waals surface area contributed by atoms with Crippen LogP contribution in [0.25, 0.3) is 0 Å². The van der Waals surface area contributed by atoms with E-state index in [0.29, 0.717) is 6.42 Å². The predicted octanol–water partition coefficient (Wildman–Crippen LogP) is 1.06. The van der Waals surface area contributed by atoms with Crippen molar-refractivity contribution in [2.24, 2.45) is 0 Å². The standard InChI is InChI=1S/C4H10O4P/c1-2-3-4-8-9(5,6)7/h4H,2-3H2,1H3,(H2,5,6,7). The van der Waals surface area contributed by atoms with Gasteiger partial charge in [0.1, 0.15) is 0 Å². The minimum absolute atomic E-state index is 0.561. The van der Waals surface area contributed by atoms with Crippen LogP contribution in [0.5, 0.6) is 0 Å². The van der Waals surface area contributed by atoms with Gasteiger partial charge in [0.25, 0.3) is 0 Å². The SMILES string of the molecule is CCC[CH]OP(=O)(O)O. The fourth-order valence-corrected chi connectivity index (χ4v) is 0.567. The number of hydrogen-bond donors (Lipinski definition) is 2. The van der Waals surface area contributed by atoms with Crippen LogP contribution in [-0.2, 0) is 9.09 Å². The van der Waals surface area contributed by atoms with E-state index in [9.17, 15) is 4.57 Å². The lowest BCUT2D eigenvalue weighted by atomic mass is 10.4. The first kappa shape index (κ1) is 9.11. The molecular weight excluding hydrogens is 143 g/mol. The smallest absolute Gasteiger partial charge is 0.303 e. The van der Waals surface area contributed by atoms with Gasteiger partial charge >= 0.3 is 7.82 Å². The van der Waals surface area contributed by atoms with Crippen LogP contribution in [-0.4, -0.2) is 9.79 Å². The Kier molecular flexibility index (Phi) is 4.06. The number of unbranched alkanes of at least 4 members (excludes halogenated alkanes) is 1. The predicted molar refractivity (Wildman–Crippen MR) is 32.3 cm³/mol. The van der Waals surface area contributed by atoms with Gasteiger partial charge in [-0.3, -0.25) is 4.52 Å². The van der Waals surface area contributed by atoms with E-state index < -0.39 is 7.82 Å². The maximum absolute atomic E-state index is 9.95. The molecule has 0 rings (SSSR count). The third-order valence-corrected chi connectivity index (χ3v) is 1.04. The lowest BCUT2D eigenvalue weighted by Gasteiger charge is -2.01. The van der Waals surface area contributed by atoms with Crippen molar-refractivity contribution in [3.8, 4) is 0 Å². The van der Waals surface area contributed by atoms with E-state index in [-0.39, 0.29) is 0 Å². The fourth-order valence-electron chi connectivity index (χ4n) is 0.268. The number of phosphoric acid groups is 1. The molecule has 5 heteroatoms. The van der Waals surface area contributed by atoms with E-state index in [2.05, 4.69) is 4.52 Å². The molecule has 0 heterocycles. The minimum Gasteiger partial charge on any atom is -0.303 e. The molecule has 0 aromatic rings. The van der Waals surface area contributed by atoms with Crippen molar-refractivity contribution in [1.29, 1.82) is 0 Å². The summed E-state index contributed by atoms with van der Waals surface area (Å²) in [6.45, 7) is 3.01. The highest BCUT2D eigenvalue weighted by Crippen LogP contribution is 2.37. The van der Waals surface area contributed by atoms with Crippen LogP contribution in [0.2, 0.25) is 0 Å². The summed E-state index contributed by atoms with van der Waals surface area (Å²) in [6, 6.07) is 0. The van der Waals surface area contributed by atoms with Crippen molar-refractivity contribution in [3.63, 3.8) is 0 Å². The molecule has 0 aromatic carbocycles. The van der Waals surface area contributed by atoms with Gasteiger partial charge in [0, 0.05) is 0 Å². The quantitative estimate of drug-likeness (QED) is 0.468. The Morgan fingerprint density at radius 1 is 1.67 bits per heavy atom. The maximum Gasteiger partial charge on any atom is 0.469 e. The molecule has 0 bridgehead atoms. The number of hydrogen-bond acceptors (Lipinski definition) is 2. The largest absolute Gasteiger partial charge is 0.469 e. The molecule has 9 heavy (non-hydrogen) atoms. The molecule has 2 N–H and O–H groups in total. The number of phosphoric ester groups is 1. The summed E-state index contributed by atoms with van der Waals surface area (Å²) < 4.78 is 14.0. The highest BCUT2D eigenvalue weighted by Gasteiger charge is 2.12. The highest BCUT2D eigenvalue weighted by molar-refractivity contribution is 7.46. The average molecular weight is 153 g/mol. The Hall–Kier alpha value is 0.110. The Morgan fingerprint density at radius 2 is 2.22 bits per heavy atom. The molecule has 0 unspecified atom stereocenters. The molecule has 4 nitrogen and oxygen atoms in total. The summed E-state index contributed by atoms with van der Waals surface area (Å²) in [5.74, 6) is 0. The first-order valence-electron chi connectivity index (χ1n) is 2.62. The second-order valence-electron chi connectivity index (χ2n) is 1.55. The lowest BCUT2D eigenvalue weighted by Crippen LogP contribution is -1.83. The summed E-state index contributed by atoms with van der Waals surface area (Å²) in [5.41, 5.74) is 0. The molecule has 0 atom stereocenters. The summed E-state index contributed by atoms with van der Waals surface area (Å²) in [7, 11) is -4.25. The monoisotopic (exact) mass is 153 g/mol. The molecular formula is C4H10O4P. The first-order chi connectivity index (χ1) is 4.06. The van der Waals surface area contributed by atoms with Gasteiger partial charge < -0.3 is 9.79 Å². The topological polar surface area (TPSA) is 66.8 Å². The van der Waals surface area contributed by atoms with E-state index in [1.165, 1.54) is 0 Å². The van der Waals surface area contributed by atoms with Crippen LogP contribution in [0.1, 0.15) is 19.8 Å². The second kappa shape index (κ2) is 4.01. The van der Waals surface area contributed by atoms with Gasteiger partial charge in [-0.1, -0.05) is 13.3 Å². The minimum atomic E-state index is -4.25. The average Bonchev–Trinajstić information content (AvgIpc) is 1.63. The van der Waals surface area contributed by atoms with Crippen LogP contribution in [0, 0.1) is 6.61 Å². The van der Waals surface area contributed by atoms with Gasteiger partial charge in [0.05, 0.1) is 6.61 Å². The van der Waals surface area contributed by atoms with E-state index in [4.69, 9.17) is 9.79 Å². The van der Waals surface area contributed by atoms with E-state index in [1.54, 1.807) is 0 Å². The lowest BCUT2D eigenvalue weighted by molar-refractivity contribution is 0.231. The zero-order valence-corrected chi connectivity index (χ0v) is 6.04. The van der Waals surface area contributed by atoms with E-state index >= 15 is 0 Å². The van der Waals surface area contributed by atoms with Crippen molar-refractivity contribution in [2.75, 3.05) is 0 Å². The molecule has 0 fully saturated rings. The van der Waals surface area contributed by atoms with Crippen molar-refractivity contribution in [1.82, 2.24) is 0 Å². The molecule has 0 saturated carbocycles. The summed E-state index contributed by atoms with van der Waals surface area (Å²) in [6.07, 6.45) is 1.38. The molecule has 0 aliphatic carbocycles. The van der Waals surface area contributed by atoms with Crippen LogP contribution >= 0.6 is 7.82 Å². The maximum atomic E-state index is 9.95. The fraction of sp³-hybridized carbons (Fsp3) is 0.750. The summed E-state index contributed by atoms with van der Waals surface area (Å²) in [4.78, 5) is 16.2. The first-order valence-corrected chi connectivity index (χ1v) is 4.15. The van der Waals surface area contributed by atoms with Gasteiger partial charge in [-0.15, -0.1) is 0 Å². The third-order valence-electron chi connectivity index (χ3n) is 0.618. The molecule has 0 spiro atoms. The van der Waals surface area contributed by atoms with Gasteiger partial charge in [-0.05, 0) is 6.42 Å². The van der Waals surface area contributed by atoms with Crippen molar-refractivity contribution >= 4 is 7.82 Å². The van der Waals surface area contributed by atoms with Crippen molar-refractivity contribution < 1.29 is 18.9 Å². The Labute approximate surface area is 54.1 Å². The molecule has 0 saturated heterocycles. The molecule has 0 aliphatic rings. The molecule has 55 valence electrons. The van der Waals surface area contributed by atoms with Crippen LogP contribution in [0.4, 0.5) is 0 Å². The van der Waals surface area contributed by atoms with Gasteiger partial charge in [0.15, 0.2) is 0 Å². The second-order valence-corrected chi connectivity index (χ2v) is 2.74. The molecule has 0 aliphatic heterocycles. The van der Waals surface area contributed by atoms with Gasteiger partial charge in [-0.2, -0.15) is 0 Å². The molecule has 1 radical (unpaired) electrons. The van der Waals surface area contributed by atoms with Gasteiger partial charge in [-0.25, -0.2) is 4.57 Å². The van der Waals surface area contributed by atoms with Crippen molar-refractivity contribution in [3.05, 3.63) is 6.61 Å². The number of rotatable bonds is 4. The Morgan fingerprint density at radius 3 is 2.56 bits per heavy atom. The van der Waals surface area contributed by atoms with Crippen LogP contribution in [0.15, 0.2) is 0 Å². The zero-order chi connectivity index (χ0) is 7.33. The van der Waals surface area contributed by atoms with E-state index in [0.717, 1.165) is 13.0 Å².